The lowest BCUT2D eigenvalue weighted by Crippen LogP contribution is -2.40. The Morgan fingerprint density at radius 2 is 1.46 bits per heavy atom. The molecule has 144 valence electrons. The van der Waals surface area contributed by atoms with Crippen molar-refractivity contribution < 1.29 is 9.59 Å². The molecule has 0 aromatic heterocycles. The fourth-order valence-electron chi connectivity index (χ4n) is 2.80. The van der Waals surface area contributed by atoms with Gasteiger partial charge in [0.05, 0.1) is 6.54 Å². The first-order valence-electron chi connectivity index (χ1n) is 9.25. The van der Waals surface area contributed by atoms with Crippen molar-refractivity contribution in [3.63, 3.8) is 0 Å². The first kappa shape index (κ1) is 19.4. The van der Waals surface area contributed by atoms with Crippen LogP contribution in [0.4, 0.5) is 11.4 Å². The number of amides is 2. The summed E-state index contributed by atoms with van der Waals surface area (Å²) in [5.41, 5.74) is 1.81. The second-order valence-corrected chi connectivity index (χ2v) is 7.75. The first-order valence-corrected chi connectivity index (χ1v) is 9.25. The van der Waals surface area contributed by atoms with Gasteiger partial charge in [0.1, 0.15) is 0 Å². The molecule has 0 unspecified atom stereocenters. The Hall–Kier alpha value is -3.34. The first-order chi connectivity index (χ1) is 13.3. The van der Waals surface area contributed by atoms with E-state index >= 15 is 0 Å². The van der Waals surface area contributed by atoms with Crippen LogP contribution in [-0.2, 0) is 4.79 Å². The Labute approximate surface area is 165 Å². The summed E-state index contributed by atoms with van der Waals surface area (Å²) in [6.07, 6.45) is 0. The van der Waals surface area contributed by atoms with Crippen LogP contribution in [0, 0.1) is 0 Å². The molecular formula is C23H25N3O2. The van der Waals surface area contributed by atoms with Crippen molar-refractivity contribution in [1.29, 1.82) is 0 Å². The summed E-state index contributed by atoms with van der Waals surface area (Å²) in [6.45, 7) is 5.96. The van der Waals surface area contributed by atoms with E-state index in [0.29, 0.717) is 11.3 Å². The molecule has 0 saturated heterocycles. The minimum Gasteiger partial charge on any atom is -0.376 e. The molecule has 3 rings (SSSR count). The average molecular weight is 375 g/mol. The molecule has 3 aromatic rings. The number of benzene rings is 3. The summed E-state index contributed by atoms with van der Waals surface area (Å²) >= 11 is 0. The second-order valence-electron chi connectivity index (χ2n) is 7.75. The van der Waals surface area contributed by atoms with Crippen LogP contribution in [0.15, 0.2) is 66.7 Å². The van der Waals surface area contributed by atoms with E-state index in [9.17, 15) is 9.59 Å². The molecule has 0 heterocycles. The minimum absolute atomic E-state index is 0.136. The van der Waals surface area contributed by atoms with Gasteiger partial charge in [0.25, 0.3) is 5.91 Å². The number of hydrogen-bond donors (Lipinski definition) is 3. The van der Waals surface area contributed by atoms with Gasteiger partial charge in [0.15, 0.2) is 0 Å². The molecule has 3 N–H and O–H groups in total. The molecule has 0 saturated carbocycles. The molecule has 0 bridgehead atoms. The van der Waals surface area contributed by atoms with Crippen molar-refractivity contribution >= 4 is 34.0 Å². The number of carbonyl (C=O) groups excluding carboxylic acids is 2. The van der Waals surface area contributed by atoms with Crippen molar-refractivity contribution in [1.82, 2.24) is 5.32 Å². The fraction of sp³-hybridized carbons (Fsp3) is 0.217. The molecule has 3 aromatic carbocycles. The lowest BCUT2D eigenvalue weighted by Gasteiger charge is -2.20. The second kappa shape index (κ2) is 8.13. The van der Waals surface area contributed by atoms with Crippen molar-refractivity contribution in [3.8, 4) is 0 Å². The molecule has 0 radical (unpaired) electrons. The van der Waals surface area contributed by atoms with Crippen molar-refractivity contribution in [3.05, 3.63) is 72.3 Å². The van der Waals surface area contributed by atoms with Crippen LogP contribution in [0.2, 0.25) is 0 Å². The SMILES string of the molecule is CC(C)(C)NC(=O)c1ccc(NC(=O)CNc2ccc3ccccc3c2)cc1. The zero-order chi connectivity index (χ0) is 20.1. The Bertz CT molecular complexity index is 989. The van der Waals surface area contributed by atoms with Gasteiger partial charge in [0, 0.05) is 22.5 Å². The number of nitrogens with one attached hydrogen (secondary N) is 3. The summed E-state index contributed by atoms with van der Waals surface area (Å²) in [6, 6.07) is 20.9. The van der Waals surface area contributed by atoms with Gasteiger partial charge in [-0.15, -0.1) is 0 Å². The largest absolute Gasteiger partial charge is 0.376 e. The fourth-order valence-corrected chi connectivity index (χ4v) is 2.80. The smallest absolute Gasteiger partial charge is 0.251 e. The predicted octanol–water partition coefficient (Wildman–Crippen LogP) is 4.42. The highest BCUT2D eigenvalue weighted by Crippen LogP contribution is 2.18. The van der Waals surface area contributed by atoms with Crippen molar-refractivity contribution in [2.24, 2.45) is 0 Å². The molecule has 0 atom stereocenters. The monoisotopic (exact) mass is 375 g/mol. The van der Waals surface area contributed by atoms with Gasteiger partial charge in [-0.2, -0.15) is 0 Å². The maximum Gasteiger partial charge on any atom is 0.251 e. The van der Waals surface area contributed by atoms with Gasteiger partial charge < -0.3 is 16.0 Å². The zero-order valence-corrected chi connectivity index (χ0v) is 16.4. The molecule has 0 spiro atoms. The topological polar surface area (TPSA) is 70.2 Å². The van der Waals surface area contributed by atoms with E-state index in [4.69, 9.17) is 0 Å². The Kier molecular flexibility index (Phi) is 5.64. The lowest BCUT2D eigenvalue weighted by atomic mass is 10.1. The number of carbonyl (C=O) groups is 2. The van der Waals surface area contributed by atoms with Crippen LogP contribution in [0.3, 0.4) is 0 Å². The van der Waals surface area contributed by atoms with Crippen LogP contribution < -0.4 is 16.0 Å². The molecule has 5 heteroatoms. The van der Waals surface area contributed by atoms with Gasteiger partial charge in [-0.1, -0.05) is 30.3 Å². The summed E-state index contributed by atoms with van der Waals surface area (Å²) in [5.74, 6) is -0.289. The molecular weight excluding hydrogens is 350 g/mol. The Morgan fingerprint density at radius 3 is 2.14 bits per heavy atom. The summed E-state index contributed by atoms with van der Waals surface area (Å²) in [4.78, 5) is 24.3. The lowest BCUT2D eigenvalue weighted by molar-refractivity contribution is -0.114. The zero-order valence-electron chi connectivity index (χ0n) is 16.4. The van der Waals surface area contributed by atoms with Gasteiger partial charge in [-0.05, 0) is 67.9 Å². The summed E-state index contributed by atoms with van der Waals surface area (Å²) < 4.78 is 0. The maximum absolute atomic E-state index is 12.2. The van der Waals surface area contributed by atoms with Gasteiger partial charge in [-0.3, -0.25) is 9.59 Å². The maximum atomic E-state index is 12.2. The van der Waals surface area contributed by atoms with Gasteiger partial charge >= 0.3 is 0 Å². The third kappa shape index (κ3) is 5.33. The highest BCUT2D eigenvalue weighted by atomic mass is 16.2. The van der Waals surface area contributed by atoms with Crippen LogP contribution in [-0.4, -0.2) is 23.9 Å². The van der Waals surface area contributed by atoms with Crippen LogP contribution in [0.5, 0.6) is 0 Å². The summed E-state index contributed by atoms with van der Waals surface area (Å²) in [7, 11) is 0. The Morgan fingerprint density at radius 1 is 0.821 bits per heavy atom. The number of hydrogen-bond acceptors (Lipinski definition) is 3. The highest BCUT2D eigenvalue weighted by Gasteiger charge is 2.15. The van der Waals surface area contributed by atoms with E-state index in [1.807, 2.05) is 57.2 Å². The number of rotatable bonds is 5. The molecule has 2 amide bonds. The normalized spacial score (nSPS) is 11.1. The molecule has 5 nitrogen and oxygen atoms in total. The standard InChI is InChI=1S/C23H25N3O2/c1-23(2,3)26-22(28)17-9-11-19(12-10-17)25-21(27)15-24-20-13-8-16-6-4-5-7-18(16)14-20/h4-14,24H,15H2,1-3H3,(H,25,27)(H,26,28). The Balaban J connectivity index is 1.54. The van der Waals surface area contributed by atoms with Crippen LogP contribution in [0.25, 0.3) is 10.8 Å². The minimum atomic E-state index is -0.293. The van der Waals surface area contributed by atoms with Crippen LogP contribution in [0.1, 0.15) is 31.1 Å². The van der Waals surface area contributed by atoms with Gasteiger partial charge in [-0.25, -0.2) is 0 Å². The molecule has 0 aliphatic carbocycles. The van der Waals surface area contributed by atoms with E-state index in [-0.39, 0.29) is 23.9 Å². The number of anilines is 2. The molecule has 0 aliphatic heterocycles. The van der Waals surface area contributed by atoms with E-state index in [1.54, 1.807) is 24.3 Å². The van der Waals surface area contributed by atoms with Crippen molar-refractivity contribution in [2.75, 3.05) is 17.2 Å². The van der Waals surface area contributed by atoms with Crippen molar-refractivity contribution in [2.45, 2.75) is 26.3 Å². The van der Waals surface area contributed by atoms with E-state index < -0.39 is 0 Å². The molecule has 0 aliphatic rings. The van der Waals surface area contributed by atoms with E-state index in [2.05, 4.69) is 22.0 Å². The highest BCUT2D eigenvalue weighted by molar-refractivity contribution is 5.97. The number of fused-ring (bicyclic) bond motifs is 1. The third-order valence-electron chi connectivity index (χ3n) is 4.12. The molecule has 28 heavy (non-hydrogen) atoms. The van der Waals surface area contributed by atoms with Crippen LogP contribution >= 0.6 is 0 Å². The predicted molar refractivity (Wildman–Crippen MR) is 115 cm³/mol. The van der Waals surface area contributed by atoms with E-state index in [0.717, 1.165) is 16.5 Å². The summed E-state index contributed by atoms with van der Waals surface area (Å²) in [5, 5.41) is 11.2. The molecule has 0 fully saturated rings. The third-order valence-corrected chi connectivity index (χ3v) is 4.12. The quantitative estimate of drug-likeness (QED) is 0.618. The van der Waals surface area contributed by atoms with E-state index in [1.165, 1.54) is 0 Å². The average Bonchev–Trinajstić information content (AvgIpc) is 2.65. The van der Waals surface area contributed by atoms with Gasteiger partial charge in [0.2, 0.25) is 5.91 Å².